The van der Waals surface area contributed by atoms with E-state index in [9.17, 15) is 9.59 Å². The fraction of sp³-hybridized carbons (Fsp3) is 0.500. The van der Waals surface area contributed by atoms with E-state index in [4.69, 9.17) is 10.00 Å². The van der Waals surface area contributed by atoms with Crippen LogP contribution >= 0.6 is 0 Å². The van der Waals surface area contributed by atoms with Gasteiger partial charge in [0.2, 0.25) is 0 Å². The van der Waals surface area contributed by atoms with Crippen LogP contribution in [-0.2, 0) is 19.1 Å². The number of hydrogen-bond acceptors (Lipinski definition) is 5. The van der Waals surface area contributed by atoms with Gasteiger partial charge in [0.05, 0.1) is 6.61 Å². The zero-order valence-corrected chi connectivity index (χ0v) is 8.40. The number of esters is 2. The molecule has 1 aliphatic heterocycles. The van der Waals surface area contributed by atoms with Gasteiger partial charge in [-0.1, -0.05) is 6.58 Å². The number of nitrogens with zero attached hydrogens (tertiary/aromatic N) is 1. The topological polar surface area (TPSA) is 76.4 Å². The molecule has 0 bridgehead atoms. The molecule has 1 fully saturated rings. The maximum atomic E-state index is 10.5. The Hall–Kier alpha value is -1.83. The Morgan fingerprint density at radius 1 is 1.53 bits per heavy atom. The third-order valence-corrected chi connectivity index (χ3v) is 1.60. The lowest BCUT2D eigenvalue weighted by Gasteiger charge is -1.93. The molecule has 0 saturated carbocycles. The van der Waals surface area contributed by atoms with E-state index in [0.717, 1.165) is 25.3 Å². The molecule has 0 aliphatic carbocycles. The van der Waals surface area contributed by atoms with Gasteiger partial charge in [-0.15, -0.1) is 5.26 Å². The van der Waals surface area contributed by atoms with Gasteiger partial charge in [0, 0.05) is 12.5 Å². The first-order valence-electron chi connectivity index (χ1n) is 4.58. The van der Waals surface area contributed by atoms with Crippen LogP contribution in [-0.4, -0.2) is 18.5 Å². The van der Waals surface area contributed by atoms with Crippen molar-refractivity contribution < 1.29 is 19.1 Å². The minimum Gasteiger partial charge on any atom is -0.466 e. The summed E-state index contributed by atoms with van der Waals surface area (Å²) in [6.07, 6.45) is 5.95. The number of rotatable bonds is 1. The molecule has 1 saturated heterocycles. The second-order valence-corrected chi connectivity index (χ2v) is 2.75. The average Bonchev–Trinajstić information content (AvgIpc) is 2.47. The van der Waals surface area contributed by atoms with Crippen molar-refractivity contribution in [1.82, 2.24) is 0 Å². The molecule has 0 spiro atoms. The van der Waals surface area contributed by atoms with Crippen LogP contribution in [0.2, 0.25) is 0 Å². The molecule has 0 radical (unpaired) electrons. The van der Waals surface area contributed by atoms with E-state index >= 15 is 0 Å². The Morgan fingerprint density at radius 3 is 2.80 bits per heavy atom. The van der Waals surface area contributed by atoms with Gasteiger partial charge in [-0.25, -0.2) is 4.79 Å². The first kappa shape index (κ1) is 13.2. The van der Waals surface area contributed by atoms with E-state index in [1.807, 2.05) is 0 Å². The molecule has 82 valence electrons. The smallest absolute Gasteiger partial charge is 0.345 e. The van der Waals surface area contributed by atoms with Crippen LogP contribution in [0.15, 0.2) is 12.7 Å². The number of carbonyl (C=O) groups is 2. The molecule has 0 unspecified atom stereocenters. The molecular weight excluding hydrogens is 198 g/mol. The Kier molecular flexibility index (Phi) is 7.69. The highest BCUT2D eigenvalue weighted by Crippen LogP contribution is 2.06. The van der Waals surface area contributed by atoms with E-state index < -0.39 is 5.97 Å². The van der Waals surface area contributed by atoms with Crippen LogP contribution in [0.4, 0.5) is 0 Å². The van der Waals surface area contributed by atoms with Crippen molar-refractivity contribution in [2.45, 2.75) is 25.7 Å². The van der Waals surface area contributed by atoms with Crippen LogP contribution in [0.1, 0.15) is 25.7 Å². The standard InChI is InChI=1S/C6H10O2.C4H3NO2/c7-6-4-2-1-3-5-8-6;1-2-4(6)7-3-5/h1-5H2;2H,1H2. The molecule has 1 heterocycles. The van der Waals surface area contributed by atoms with Crippen molar-refractivity contribution in [3.8, 4) is 6.26 Å². The Morgan fingerprint density at radius 2 is 2.27 bits per heavy atom. The van der Waals surface area contributed by atoms with Gasteiger partial charge in [-0.05, 0) is 19.3 Å². The number of hydrogen-bond donors (Lipinski definition) is 0. The molecule has 5 heteroatoms. The highest BCUT2D eigenvalue weighted by atomic mass is 16.5. The van der Waals surface area contributed by atoms with Gasteiger partial charge in [-0.3, -0.25) is 4.79 Å². The molecule has 0 atom stereocenters. The summed E-state index contributed by atoms with van der Waals surface area (Å²) >= 11 is 0. The molecule has 0 amide bonds. The highest BCUT2D eigenvalue weighted by Gasteiger charge is 2.05. The largest absolute Gasteiger partial charge is 0.466 e. The summed E-state index contributed by atoms with van der Waals surface area (Å²) in [7, 11) is 0. The normalized spacial score (nSPS) is 14.5. The molecule has 0 aromatic rings. The lowest BCUT2D eigenvalue weighted by atomic mass is 10.2. The Bertz CT molecular complexity index is 257. The summed E-state index contributed by atoms with van der Waals surface area (Å²) in [6, 6.07) is 0. The lowest BCUT2D eigenvalue weighted by Crippen LogP contribution is -2.00. The van der Waals surface area contributed by atoms with Crippen molar-refractivity contribution in [2.24, 2.45) is 0 Å². The minimum atomic E-state index is -0.720. The van der Waals surface area contributed by atoms with Gasteiger partial charge in [0.25, 0.3) is 6.26 Å². The fourth-order valence-electron chi connectivity index (χ4n) is 0.893. The fourth-order valence-corrected chi connectivity index (χ4v) is 0.893. The van der Waals surface area contributed by atoms with Crippen molar-refractivity contribution in [2.75, 3.05) is 6.61 Å². The summed E-state index contributed by atoms with van der Waals surface area (Å²) in [6.45, 7) is 3.69. The maximum Gasteiger partial charge on any atom is 0.345 e. The van der Waals surface area contributed by atoms with Crippen molar-refractivity contribution in [3.63, 3.8) is 0 Å². The van der Waals surface area contributed by atoms with Crippen LogP contribution < -0.4 is 0 Å². The SMILES string of the molecule is C=CC(=O)OC#N.O=C1CCCCCO1. The van der Waals surface area contributed by atoms with Crippen molar-refractivity contribution in [3.05, 3.63) is 12.7 Å². The summed E-state index contributed by atoms with van der Waals surface area (Å²) in [4.78, 5) is 20.3. The predicted molar refractivity (Wildman–Crippen MR) is 51.3 cm³/mol. The number of ether oxygens (including phenoxy) is 2. The summed E-state index contributed by atoms with van der Waals surface area (Å²) in [5, 5.41) is 7.63. The Labute approximate surface area is 88.3 Å². The van der Waals surface area contributed by atoms with Gasteiger partial charge < -0.3 is 9.47 Å². The highest BCUT2D eigenvalue weighted by molar-refractivity contribution is 5.81. The van der Waals surface area contributed by atoms with E-state index in [1.165, 1.54) is 6.26 Å². The predicted octanol–water partition coefficient (Wildman–Crippen LogP) is 1.30. The first-order chi connectivity index (χ1) is 7.20. The van der Waals surface area contributed by atoms with Gasteiger partial charge in [0.15, 0.2) is 0 Å². The average molecular weight is 211 g/mol. The van der Waals surface area contributed by atoms with Gasteiger partial charge in [0.1, 0.15) is 0 Å². The summed E-state index contributed by atoms with van der Waals surface area (Å²) in [5.41, 5.74) is 0. The second-order valence-electron chi connectivity index (χ2n) is 2.75. The third kappa shape index (κ3) is 8.50. The molecule has 5 nitrogen and oxygen atoms in total. The summed E-state index contributed by atoms with van der Waals surface area (Å²) < 4.78 is 8.50. The minimum absolute atomic E-state index is 0.0255. The molecule has 0 aromatic carbocycles. The number of cyclic esters (lactones) is 1. The van der Waals surface area contributed by atoms with E-state index in [2.05, 4.69) is 11.3 Å². The Balaban J connectivity index is 0.000000265. The zero-order valence-electron chi connectivity index (χ0n) is 8.40. The monoisotopic (exact) mass is 211 g/mol. The quantitative estimate of drug-likeness (QED) is 0.371. The van der Waals surface area contributed by atoms with Crippen LogP contribution in [0.3, 0.4) is 0 Å². The van der Waals surface area contributed by atoms with E-state index in [-0.39, 0.29) is 5.97 Å². The van der Waals surface area contributed by atoms with Crippen molar-refractivity contribution >= 4 is 11.9 Å². The molecule has 0 aromatic heterocycles. The second kappa shape index (κ2) is 8.75. The number of nitriles is 1. The maximum absolute atomic E-state index is 10.5. The van der Waals surface area contributed by atoms with Crippen LogP contribution in [0.5, 0.6) is 0 Å². The third-order valence-electron chi connectivity index (χ3n) is 1.60. The summed E-state index contributed by atoms with van der Waals surface area (Å²) in [5.74, 6) is -0.745. The zero-order chi connectivity index (χ0) is 11.5. The molecule has 1 aliphatic rings. The lowest BCUT2D eigenvalue weighted by molar-refractivity contribution is -0.142. The van der Waals surface area contributed by atoms with Crippen LogP contribution in [0.25, 0.3) is 0 Å². The molecule has 15 heavy (non-hydrogen) atoms. The van der Waals surface area contributed by atoms with Gasteiger partial charge in [-0.2, -0.15) is 0 Å². The first-order valence-corrected chi connectivity index (χ1v) is 4.58. The van der Waals surface area contributed by atoms with Crippen LogP contribution in [0, 0.1) is 11.5 Å². The van der Waals surface area contributed by atoms with Gasteiger partial charge >= 0.3 is 11.9 Å². The van der Waals surface area contributed by atoms with Crippen molar-refractivity contribution in [1.29, 1.82) is 5.26 Å². The van der Waals surface area contributed by atoms with E-state index in [1.54, 1.807) is 0 Å². The number of carbonyl (C=O) groups excluding carboxylic acids is 2. The molecule has 1 rings (SSSR count). The molecular formula is C10H13NO4. The van der Waals surface area contributed by atoms with E-state index in [0.29, 0.717) is 13.0 Å². The molecule has 0 N–H and O–H groups in total.